The minimum absolute atomic E-state index is 0.104. The zero-order chi connectivity index (χ0) is 13.8. The Morgan fingerprint density at radius 2 is 1.83 bits per heavy atom. The van der Waals surface area contributed by atoms with E-state index in [1.54, 1.807) is 43.1 Å². The van der Waals surface area contributed by atoms with Gasteiger partial charge >= 0.3 is 0 Å². The lowest BCUT2D eigenvalue weighted by molar-refractivity contribution is 0.235. The highest BCUT2D eigenvalue weighted by Gasteiger charge is 2.11. The van der Waals surface area contributed by atoms with Crippen molar-refractivity contribution in [1.29, 1.82) is 0 Å². The van der Waals surface area contributed by atoms with Gasteiger partial charge in [-0.25, -0.2) is 8.42 Å². The molecule has 18 heavy (non-hydrogen) atoms. The topological polar surface area (TPSA) is 54.5 Å². The van der Waals surface area contributed by atoms with E-state index in [-0.39, 0.29) is 10.6 Å². The van der Waals surface area contributed by atoms with E-state index in [2.05, 4.69) is 15.9 Å². The fourth-order valence-corrected chi connectivity index (χ4v) is 2.48. The van der Waals surface area contributed by atoms with Gasteiger partial charge in [0.15, 0.2) is 9.84 Å². The maximum Gasteiger partial charge on any atom is 0.289 e. The van der Waals surface area contributed by atoms with E-state index in [1.807, 2.05) is 0 Å². The molecule has 0 aliphatic heterocycles. The maximum absolute atomic E-state index is 11.6. The summed E-state index contributed by atoms with van der Waals surface area (Å²) in [6, 6.07) is 6.80. The standard InChI is InChI=1S/C12H16BrNO3S/c1-3-18(16,17)11-6-4-10(5-7-11)8-9-14(2)12(13)15/h4-7H,3,8-9H2,1-2H3. The van der Waals surface area contributed by atoms with Crippen LogP contribution in [0.5, 0.6) is 0 Å². The highest BCUT2D eigenvalue weighted by molar-refractivity contribution is 9.18. The van der Waals surface area contributed by atoms with Gasteiger partial charge in [0, 0.05) is 29.5 Å². The number of carbonyl (C=O) groups is 1. The lowest BCUT2D eigenvalue weighted by Crippen LogP contribution is -2.23. The summed E-state index contributed by atoms with van der Waals surface area (Å²) in [5.74, 6) is 0.104. The van der Waals surface area contributed by atoms with Gasteiger partial charge in [0.25, 0.3) is 4.82 Å². The molecule has 0 saturated heterocycles. The average Bonchev–Trinajstić information content (AvgIpc) is 2.36. The number of rotatable bonds is 5. The molecule has 0 N–H and O–H groups in total. The first-order chi connectivity index (χ1) is 8.36. The van der Waals surface area contributed by atoms with Crippen molar-refractivity contribution in [3.05, 3.63) is 29.8 Å². The van der Waals surface area contributed by atoms with Crippen LogP contribution >= 0.6 is 15.9 Å². The summed E-state index contributed by atoms with van der Waals surface area (Å²) in [4.78, 5) is 12.7. The minimum atomic E-state index is -3.13. The van der Waals surface area contributed by atoms with Gasteiger partial charge < -0.3 is 4.90 Å². The van der Waals surface area contributed by atoms with Crippen molar-refractivity contribution in [3.63, 3.8) is 0 Å². The Bertz CT molecular complexity index is 511. The Hall–Kier alpha value is -0.880. The summed E-state index contributed by atoms with van der Waals surface area (Å²) < 4.78 is 23.2. The Kier molecular flexibility index (Phi) is 5.34. The van der Waals surface area contributed by atoms with Gasteiger partial charge in [0.1, 0.15) is 0 Å². The number of likely N-dealkylation sites (N-methyl/N-ethyl adjacent to an activating group) is 1. The molecule has 0 spiro atoms. The summed E-state index contributed by atoms with van der Waals surface area (Å²) in [6.45, 7) is 2.21. The Labute approximate surface area is 116 Å². The zero-order valence-corrected chi connectivity index (χ0v) is 12.8. The van der Waals surface area contributed by atoms with E-state index < -0.39 is 9.84 Å². The number of carbonyl (C=O) groups excluding carboxylic acids is 1. The van der Waals surface area contributed by atoms with Crippen molar-refractivity contribution in [2.24, 2.45) is 0 Å². The molecule has 0 unspecified atom stereocenters. The molecular formula is C12H16BrNO3S. The SMILES string of the molecule is CCS(=O)(=O)c1ccc(CCN(C)C(=O)Br)cc1. The predicted molar refractivity (Wildman–Crippen MR) is 74.8 cm³/mol. The number of hydrogen-bond donors (Lipinski definition) is 0. The van der Waals surface area contributed by atoms with Gasteiger partial charge in [0.05, 0.1) is 10.6 Å². The van der Waals surface area contributed by atoms with Crippen LogP contribution in [0.4, 0.5) is 4.79 Å². The second-order valence-corrected chi connectivity index (χ2v) is 6.93. The molecule has 0 aliphatic rings. The van der Waals surface area contributed by atoms with E-state index in [4.69, 9.17) is 0 Å². The molecule has 0 radical (unpaired) electrons. The van der Waals surface area contributed by atoms with Crippen LogP contribution in [0, 0.1) is 0 Å². The number of nitrogens with zero attached hydrogens (tertiary/aromatic N) is 1. The van der Waals surface area contributed by atoms with Crippen LogP contribution in [0.15, 0.2) is 29.2 Å². The van der Waals surface area contributed by atoms with Crippen molar-refractivity contribution in [1.82, 2.24) is 4.90 Å². The van der Waals surface area contributed by atoms with Crippen LogP contribution in [0.1, 0.15) is 12.5 Å². The second kappa shape index (κ2) is 6.33. The van der Waals surface area contributed by atoms with Gasteiger partial charge in [-0.3, -0.25) is 4.79 Å². The molecule has 0 saturated carbocycles. The van der Waals surface area contributed by atoms with E-state index in [0.29, 0.717) is 17.9 Å². The molecule has 1 rings (SSSR count). The monoisotopic (exact) mass is 333 g/mol. The van der Waals surface area contributed by atoms with Gasteiger partial charge in [-0.05, 0) is 24.1 Å². The average molecular weight is 334 g/mol. The summed E-state index contributed by atoms with van der Waals surface area (Å²) in [5.41, 5.74) is 1.01. The third kappa shape index (κ3) is 4.10. The molecule has 0 heterocycles. The van der Waals surface area contributed by atoms with Crippen molar-refractivity contribution >= 4 is 30.6 Å². The third-order valence-corrected chi connectivity index (χ3v) is 5.05. The molecule has 1 aromatic carbocycles. The third-order valence-electron chi connectivity index (χ3n) is 2.70. The summed E-state index contributed by atoms with van der Waals surface area (Å²) in [6.07, 6.45) is 0.695. The quantitative estimate of drug-likeness (QED) is 0.614. The molecular weight excluding hydrogens is 318 g/mol. The first kappa shape index (κ1) is 15.2. The molecule has 0 aliphatic carbocycles. The van der Waals surface area contributed by atoms with E-state index in [9.17, 15) is 13.2 Å². The first-order valence-corrected chi connectivity index (χ1v) is 8.03. The van der Waals surface area contributed by atoms with Crippen LogP contribution in [0.3, 0.4) is 0 Å². The van der Waals surface area contributed by atoms with Gasteiger partial charge in [0.2, 0.25) is 0 Å². The van der Waals surface area contributed by atoms with Gasteiger partial charge in [-0.15, -0.1) is 0 Å². The van der Waals surface area contributed by atoms with Crippen LogP contribution in [-0.4, -0.2) is 37.5 Å². The van der Waals surface area contributed by atoms with E-state index >= 15 is 0 Å². The number of hydrogen-bond acceptors (Lipinski definition) is 3. The molecule has 1 amide bonds. The maximum atomic E-state index is 11.6. The van der Waals surface area contributed by atoms with Crippen molar-refractivity contribution in [2.45, 2.75) is 18.2 Å². The molecule has 0 fully saturated rings. The van der Waals surface area contributed by atoms with Crippen molar-refractivity contribution in [2.75, 3.05) is 19.3 Å². The van der Waals surface area contributed by atoms with Crippen LogP contribution in [0.2, 0.25) is 0 Å². The number of amides is 1. The molecule has 6 heteroatoms. The largest absolute Gasteiger partial charge is 0.336 e. The highest BCUT2D eigenvalue weighted by Crippen LogP contribution is 2.13. The van der Waals surface area contributed by atoms with Crippen LogP contribution in [-0.2, 0) is 16.3 Å². The van der Waals surface area contributed by atoms with E-state index in [0.717, 1.165) is 5.56 Å². The lowest BCUT2D eigenvalue weighted by atomic mass is 10.1. The normalized spacial score (nSPS) is 11.3. The summed E-state index contributed by atoms with van der Waals surface area (Å²) >= 11 is 2.87. The van der Waals surface area contributed by atoms with Crippen molar-refractivity contribution in [3.8, 4) is 0 Å². The van der Waals surface area contributed by atoms with E-state index in [1.165, 1.54) is 0 Å². The van der Waals surface area contributed by atoms with Crippen molar-refractivity contribution < 1.29 is 13.2 Å². The van der Waals surface area contributed by atoms with Gasteiger partial charge in [-0.1, -0.05) is 19.1 Å². The predicted octanol–water partition coefficient (Wildman–Crippen LogP) is 2.47. The first-order valence-electron chi connectivity index (χ1n) is 5.59. The summed E-state index contributed by atoms with van der Waals surface area (Å²) in [7, 11) is -1.43. The van der Waals surface area contributed by atoms with Gasteiger partial charge in [-0.2, -0.15) is 0 Å². The molecule has 0 bridgehead atoms. The Morgan fingerprint density at radius 1 is 1.28 bits per heavy atom. The lowest BCUT2D eigenvalue weighted by Gasteiger charge is -2.13. The molecule has 1 aromatic rings. The fourth-order valence-electron chi connectivity index (χ4n) is 1.41. The number of halogens is 1. The number of sulfone groups is 1. The Balaban J connectivity index is 2.70. The fraction of sp³-hybridized carbons (Fsp3) is 0.417. The minimum Gasteiger partial charge on any atom is -0.336 e. The molecule has 100 valence electrons. The highest BCUT2D eigenvalue weighted by atomic mass is 79.9. The van der Waals surface area contributed by atoms with Crippen LogP contribution in [0.25, 0.3) is 0 Å². The smallest absolute Gasteiger partial charge is 0.289 e. The second-order valence-electron chi connectivity index (χ2n) is 3.97. The molecule has 4 nitrogen and oxygen atoms in total. The Morgan fingerprint density at radius 3 is 2.28 bits per heavy atom. The zero-order valence-electron chi connectivity index (χ0n) is 10.4. The van der Waals surface area contributed by atoms with Crippen LogP contribution < -0.4 is 0 Å². The number of benzene rings is 1. The summed E-state index contributed by atoms with van der Waals surface area (Å²) in [5, 5.41) is 0. The molecule has 0 atom stereocenters. The molecule has 0 aromatic heterocycles.